The lowest BCUT2D eigenvalue weighted by Gasteiger charge is -2.09. The molecule has 0 amide bonds. The number of hydrogen-bond acceptors (Lipinski definition) is 5. The first kappa shape index (κ1) is 12.6. The molecule has 0 aliphatic carbocycles. The average Bonchev–Trinajstić information content (AvgIpc) is 2.28. The molecule has 0 aromatic heterocycles. The number of esters is 1. The van der Waals surface area contributed by atoms with Crippen molar-refractivity contribution in [3.05, 3.63) is 28.8 Å². The molecular formula is C11H11NO3S. The van der Waals surface area contributed by atoms with E-state index in [-0.39, 0.29) is 23.3 Å². The van der Waals surface area contributed by atoms with E-state index in [1.54, 1.807) is 6.92 Å². The SMILES string of the molecule is CCOC(=O)c1ccc(S)c(C#N)c1CO. The molecule has 0 radical (unpaired) electrons. The Morgan fingerprint density at radius 3 is 2.81 bits per heavy atom. The number of ether oxygens (including phenoxy) is 1. The molecule has 0 spiro atoms. The first-order chi connectivity index (χ1) is 7.65. The number of nitrogens with zero attached hydrogens (tertiary/aromatic N) is 1. The quantitative estimate of drug-likeness (QED) is 0.617. The Labute approximate surface area is 98.9 Å². The van der Waals surface area contributed by atoms with Crippen LogP contribution < -0.4 is 0 Å². The van der Waals surface area contributed by atoms with Crippen LogP contribution in [-0.2, 0) is 11.3 Å². The highest BCUT2D eigenvalue weighted by Gasteiger charge is 2.17. The number of nitriles is 1. The molecule has 84 valence electrons. The number of carbonyl (C=O) groups excluding carboxylic acids is 1. The molecule has 0 aliphatic heterocycles. The fraction of sp³-hybridized carbons (Fsp3) is 0.273. The summed E-state index contributed by atoms with van der Waals surface area (Å²) in [7, 11) is 0. The van der Waals surface area contributed by atoms with E-state index in [4.69, 9.17) is 10.00 Å². The highest BCUT2D eigenvalue weighted by molar-refractivity contribution is 7.80. The Balaban J connectivity index is 3.31. The second-order valence-electron chi connectivity index (χ2n) is 2.98. The summed E-state index contributed by atoms with van der Waals surface area (Å²) in [6.45, 7) is 1.54. The minimum Gasteiger partial charge on any atom is -0.462 e. The van der Waals surface area contributed by atoms with Gasteiger partial charge in [-0.3, -0.25) is 0 Å². The van der Waals surface area contributed by atoms with E-state index in [1.165, 1.54) is 12.1 Å². The Bertz CT molecular complexity index is 451. The van der Waals surface area contributed by atoms with Crippen LogP contribution in [0, 0.1) is 11.3 Å². The summed E-state index contributed by atoms with van der Waals surface area (Å²) in [6, 6.07) is 4.94. The molecule has 1 N–H and O–H groups in total. The number of aliphatic hydroxyl groups is 1. The van der Waals surface area contributed by atoms with E-state index in [1.807, 2.05) is 6.07 Å². The van der Waals surface area contributed by atoms with Crippen molar-refractivity contribution in [3.63, 3.8) is 0 Å². The number of rotatable bonds is 3. The van der Waals surface area contributed by atoms with Gasteiger partial charge in [-0.1, -0.05) is 0 Å². The Kier molecular flexibility index (Phi) is 4.35. The summed E-state index contributed by atoms with van der Waals surface area (Å²) in [5, 5.41) is 18.1. The Hall–Kier alpha value is -1.51. The molecule has 0 fully saturated rings. The van der Waals surface area contributed by atoms with Gasteiger partial charge in [0.05, 0.1) is 24.3 Å². The van der Waals surface area contributed by atoms with Crippen LogP contribution >= 0.6 is 12.6 Å². The van der Waals surface area contributed by atoms with Crippen molar-refractivity contribution in [3.8, 4) is 6.07 Å². The lowest BCUT2D eigenvalue weighted by Crippen LogP contribution is -2.10. The molecule has 1 rings (SSSR count). The molecule has 1 aromatic carbocycles. The second-order valence-corrected chi connectivity index (χ2v) is 3.46. The lowest BCUT2D eigenvalue weighted by molar-refractivity contribution is 0.0522. The van der Waals surface area contributed by atoms with Crippen molar-refractivity contribution in [2.75, 3.05) is 6.61 Å². The van der Waals surface area contributed by atoms with Gasteiger partial charge in [0.2, 0.25) is 0 Å². The molecule has 4 nitrogen and oxygen atoms in total. The molecule has 16 heavy (non-hydrogen) atoms. The van der Waals surface area contributed by atoms with E-state index < -0.39 is 12.6 Å². The van der Waals surface area contributed by atoms with Crippen LogP contribution in [0.3, 0.4) is 0 Å². The maximum atomic E-state index is 11.5. The van der Waals surface area contributed by atoms with E-state index in [2.05, 4.69) is 12.6 Å². The van der Waals surface area contributed by atoms with Gasteiger partial charge in [-0.2, -0.15) is 5.26 Å². The molecule has 0 aliphatic rings. The van der Waals surface area contributed by atoms with Gasteiger partial charge in [0.1, 0.15) is 6.07 Å². The molecule has 0 atom stereocenters. The highest BCUT2D eigenvalue weighted by atomic mass is 32.1. The van der Waals surface area contributed by atoms with Crippen molar-refractivity contribution in [1.29, 1.82) is 5.26 Å². The summed E-state index contributed by atoms with van der Waals surface area (Å²) in [5.74, 6) is -0.545. The number of hydrogen-bond donors (Lipinski definition) is 2. The average molecular weight is 237 g/mol. The van der Waals surface area contributed by atoms with Crippen molar-refractivity contribution in [2.24, 2.45) is 0 Å². The summed E-state index contributed by atoms with van der Waals surface area (Å²) < 4.78 is 4.83. The number of thiol groups is 1. The van der Waals surface area contributed by atoms with Gasteiger partial charge in [0.25, 0.3) is 0 Å². The predicted molar refractivity (Wildman–Crippen MR) is 60.3 cm³/mol. The summed E-state index contributed by atoms with van der Waals surface area (Å²) in [5.41, 5.74) is 0.670. The van der Waals surface area contributed by atoms with Crippen LogP contribution in [0.1, 0.15) is 28.4 Å². The zero-order chi connectivity index (χ0) is 12.1. The molecule has 0 saturated heterocycles. The van der Waals surface area contributed by atoms with Crippen LogP contribution in [0.2, 0.25) is 0 Å². The minimum absolute atomic E-state index is 0.205. The molecule has 0 bridgehead atoms. The smallest absolute Gasteiger partial charge is 0.338 e. The van der Waals surface area contributed by atoms with Crippen LogP contribution in [0.5, 0.6) is 0 Å². The molecule has 5 heteroatoms. The van der Waals surface area contributed by atoms with Crippen molar-refractivity contribution in [2.45, 2.75) is 18.4 Å². The maximum absolute atomic E-state index is 11.5. The topological polar surface area (TPSA) is 70.3 Å². The largest absolute Gasteiger partial charge is 0.462 e. The van der Waals surface area contributed by atoms with Gasteiger partial charge in [-0.15, -0.1) is 12.6 Å². The van der Waals surface area contributed by atoms with Crippen LogP contribution in [0.4, 0.5) is 0 Å². The van der Waals surface area contributed by atoms with Gasteiger partial charge < -0.3 is 9.84 Å². The normalized spacial score (nSPS) is 9.62. The lowest BCUT2D eigenvalue weighted by atomic mass is 10.0. The van der Waals surface area contributed by atoms with Crippen LogP contribution in [0.15, 0.2) is 17.0 Å². The van der Waals surface area contributed by atoms with Crippen molar-refractivity contribution in [1.82, 2.24) is 0 Å². The fourth-order valence-electron chi connectivity index (χ4n) is 1.32. The minimum atomic E-state index is -0.545. The molecular weight excluding hydrogens is 226 g/mol. The highest BCUT2D eigenvalue weighted by Crippen LogP contribution is 2.22. The van der Waals surface area contributed by atoms with Crippen molar-refractivity contribution < 1.29 is 14.6 Å². The van der Waals surface area contributed by atoms with Crippen LogP contribution in [0.25, 0.3) is 0 Å². The standard InChI is InChI=1S/C11H11NO3S/c1-2-15-11(14)7-3-4-10(16)8(5-12)9(7)6-13/h3-4,13,16H,2,6H2,1H3. The van der Waals surface area contributed by atoms with E-state index >= 15 is 0 Å². The van der Waals surface area contributed by atoms with Gasteiger partial charge in [-0.05, 0) is 19.1 Å². The fourth-order valence-corrected chi connectivity index (χ4v) is 1.58. The van der Waals surface area contributed by atoms with Gasteiger partial charge >= 0.3 is 5.97 Å². The Morgan fingerprint density at radius 1 is 1.62 bits per heavy atom. The molecule has 0 unspecified atom stereocenters. The first-order valence-corrected chi connectivity index (χ1v) is 5.13. The molecule has 1 aromatic rings. The summed E-state index contributed by atoms with van der Waals surface area (Å²) in [4.78, 5) is 12.0. The third-order valence-electron chi connectivity index (χ3n) is 2.06. The maximum Gasteiger partial charge on any atom is 0.338 e. The van der Waals surface area contributed by atoms with Gasteiger partial charge in [0, 0.05) is 10.5 Å². The predicted octanol–water partition coefficient (Wildman–Crippen LogP) is 1.52. The second kappa shape index (κ2) is 5.54. The third-order valence-corrected chi connectivity index (χ3v) is 2.43. The molecule has 0 saturated carbocycles. The molecule has 0 heterocycles. The van der Waals surface area contributed by atoms with Gasteiger partial charge in [-0.25, -0.2) is 4.79 Å². The third kappa shape index (κ3) is 2.35. The van der Waals surface area contributed by atoms with Crippen molar-refractivity contribution >= 4 is 18.6 Å². The summed E-state index contributed by atoms with van der Waals surface area (Å²) >= 11 is 4.08. The number of aliphatic hydroxyl groups excluding tert-OH is 1. The first-order valence-electron chi connectivity index (χ1n) is 4.68. The summed E-state index contributed by atoms with van der Waals surface area (Å²) in [6.07, 6.45) is 0. The van der Waals surface area contributed by atoms with E-state index in [0.717, 1.165) is 0 Å². The van der Waals surface area contributed by atoms with E-state index in [0.29, 0.717) is 4.90 Å². The monoisotopic (exact) mass is 237 g/mol. The van der Waals surface area contributed by atoms with E-state index in [9.17, 15) is 9.90 Å². The zero-order valence-electron chi connectivity index (χ0n) is 8.73. The zero-order valence-corrected chi connectivity index (χ0v) is 9.62. The number of carbonyl (C=O) groups is 1. The number of benzene rings is 1. The Morgan fingerprint density at radius 2 is 2.31 bits per heavy atom. The van der Waals surface area contributed by atoms with Crippen LogP contribution in [-0.4, -0.2) is 17.7 Å². The van der Waals surface area contributed by atoms with Gasteiger partial charge in [0.15, 0.2) is 0 Å².